The zero-order valence-electron chi connectivity index (χ0n) is 8.41. The quantitative estimate of drug-likeness (QED) is 0.571. The summed E-state index contributed by atoms with van der Waals surface area (Å²) in [5, 5.41) is 0. The zero-order chi connectivity index (χ0) is 8.91. The maximum atomic E-state index is 2.54. The number of rotatable bonds is 0. The summed E-state index contributed by atoms with van der Waals surface area (Å²) in [6.07, 6.45) is 4.53. The molecule has 1 fully saturated rings. The fourth-order valence-corrected chi connectivity index (χ4v) is 4.31. The summed E-state index contributed by atoms with van der Waals surface area (Å²) in [7, 11) is -0.694. The van der Waals surface area contributed by atoms with Gasteiger partial charge in [0.05, 0.1) is 8.07 Å². The monoisotopic (exact) mass is 247 g/mol. The average Bonchev–Trinajstić information content (AvgIpc) is 2.00. The topological polar surface area (TPSA) is 0 Å². The van der Waals surface area contributed by atoms with Crippen LogP contribution in [0.25, 0.3) is 0 Å². The molecule has 1 unspecified atom stereocenters. The van der Waals surface area contributed by atoms with E-state index in [-0.39, 0.29) is 0 Å². The number of hydrogen-bond donors (Lipinski definition) is 0. The van der Waals surface area contributed by atoms with Gasteiger partial charge in [-0.2, -0.15) is 0 Å². The molecule has 0 aromatic rings. The Bertz CT molecular complexity index is 102. The first-order valence-corrected chi connectivity index (χ1v) is 10.4. The molecule has 0 saturated carbocycles. The van der Waals surface area contributed by atoms with Crippen molar-refractivity contribution in [2.75, 3.05) is 0 Å². The second-order valence-corrected chi connectivity index (χ2v) is 9.60. The molecule has 1 heterocycles. The van der Waals surface area contributed by atoms with Gasteiger partial charge in [-0.15, -0.1) is 0 Å². The first kappa shape index (κ1) is 12.1. The molecule has 0 aromatic heterocycles. The predicted octanol–water partition coefficient (Wildman–Crippen LogP) is 3.85. The van der Waals surface area contributed by atoms with E-state index in [0.717, 1.165) is 5.54 Å². The summed E-state index contributed by atoms with van der Waals surface area (Å²) < 4.78 is 2.09. The Morgan fingerprint density at radius 2 is 1.73 bits per heavy atom. The first-order chi connectivity index (χ1) is 5.13. The molecule has 0 nitrogen and oxygen atoms in total. The van der Waals surface area contributed by atoms with E-state index >= 15 is 0 Å². The van der Waals surface area contributed by atoms with Crippen LogP contribution in [0.2, 0.25) is 29.3 Å². The molecule has 0 aliphatic carbocycles. The maximum absolute atomic E-state index is 2.54. The van der Waals surface area contributed by atoms with Gasteiger partial charge in [0.2, 0.25) is 0 Å². The predicted molar refractivity (Wildman–Crippen MR) is 51.4 cm³/mol. The third-order valence-electron chi connectivity index (χ3n) is 3.04. The molecule has 0 radical (unpaired) electrons. The van der Waals surface area contributed by atoms with E-state index in [4.69, 9.17) is 0 Å². The molecule has 65 valence electrons. The third kappa shape index (κ3) is 4.03. The molecule has 2 heteroatoms. The van der Waals surface area contributed by atoms with Crippen LogP contribution in [0.5, 0.6) is 0 Å². The van der Waals surface area contributed by atoms with E-state index < -0.39 is 8.07 Å². The van der Waals surface area contributed by atoms with Gasteiger partial charge in [-0.1, -0.05) is 45.3 Å². The van der Waals surface area contributed by atoms with E-state index in [1.165, 1.54) is 19.3 Å². The van der Waals surface area contributed by atoms with Crippen molar-refractivity contribution in [3.05, 3.63) is 0 Å². The van der Waals surface area contributed by atoms with Gasteiger partial charge in [-0.3, -0.25) is 0 Å². The molecule has 0 amide bonds. The van der Waals surface area contributed by atoms with Crippen LogP contribution < -0.4 is 0 Å². The van der Waals surface area contributed by atoms with Crippen molar-refractivity contribution < 1.29 is 24.7 Å². The van der Waals surface area contributed by atoms with Crippen molar-refractivity contribution in [1.82, 2.24) is 0 Å². The number of hydrogen-bond acceptors (Lipinski definition) is 0. The second-order valence-electron chi connectivity index (χ2n) is 4.14. The van der Waals surface area contributed by atoms with Crippen LogP contribution in [0, 0.1) is 0 Å². The molecule has 0 spiro atoms. The summed E-state index contributed by atoms with van der Waals surface area (Å²) in [4.78, 5) is 0. The zero-order valence-corrected chi connectivity index (χ0v) is 11.9. The fourth-order valence-electron chi connectivity index (χ4n) is 1.67. The van der Waals surface area contributed by atoms with Crippen molar-refractivity contribution >= 4 is 8.07 Å². The van der Waals surface area contributed by atoms with Crippen LogP contribution >= 0.6 is 0 Å². The molecule has 1 rings (SSSR count). The first-order valence-electron chi connectivity index (χ1n) is 4.63. The summed E-state index contributed by atoms with van der Waals surface area (Å²) in [5.41, 5.74) is 1.09. The standard InChI is InChI=1S/C8H18Si.CH3.Zr/c1-8-6-4-5-7-9(8,2)3;;/h8H,4-7H2,1-3H3;1H3;. The molecule has 11 heavy (non-hydrogen) atoms. The van der Waals surface area contributed by atoms with Crippen LogP contribution in [0.4, 0.5) is 0 Å². The van der Waals surface area contributed by atoms with Gasteiger partial charge in [0.15, 0.2) is 0 Å². The van der Waals surface area contributed by atoms with E-state index in [2.05, 4.69) is 24.6 Å². The van der Waals surface area contributed by atoms with Gasteiger partial charge < -0.3 is 0 Å². The van der Waals surface area contributed by atoms with Crippen molar-refractivity contribution in [3.63, 3.8) is 0 Å². The molecule has 0 N–H and O–H groups in total. The molecule has 1 aliphatic heterocycles. The Balaban J connectivity index is 0.000000461. The summed E-state index contributed by atoms with van der Waals surface area (Å²) >= 11 is 1.55. The normalized spacial score (nSPS) is 28.5. The van der Waals surface area contributed by atoms with E-state index in [1.54, 1.807) is 30.8 Å². The minimum absolute atomic E-state index is 0.694. The van der Waals surface area contributed by atoms with E-state index in [1.807, 2.05) is 0 Å². The van der Waals surface area contributed by atoms with Crippen LogP contribution in [-0.2, 0) is 24.7 Å². The van der Waals surface area contributed by atoms with Crippen LogP contribution in [0.3, 0.4) is 0 Å². The van der Waals surface area contributed by atoms with E-state index in [9.17, 15) is 0 Å². The van der Waals surface area contributed by atoms with Gasteiger partial charge in [0.1, 0.15) is 0 Å². The van der Waals surface area contributed by atoms with E-state index in [0.29, 0.717) is 0 Å². The van der Waals surface area contributed by atoms with Gasteiger partial charge in [0.25, 0.3) is 0 Å². The Morgan fingerprint density at radius 3 is 2.00 bits per heavy atom. The molecular formula is C9H21SiZr. The van der Waals surface area contributed by atoms with Gasteiger partial charge in [0, 0.05) is 0 Å². The SMILES string of the molecule is CC1CCCC[Si]1(C)C.[CH3][Zr]. The van der Waals surface area contributed by atoms with Crippen molar-refractivity contribution in [2.24, 2.45) is 0 Å². The molecule has 1 saturated heterocycles. The summed E-state index contributed by atoms with van der Waals surface area (Å²) in [6.45, 7) is 7.53. The molecular weight excluding hydrogens is 227 g/mol. The van der Waals surface area contributed by atoms with Crippen LogP contribution in [0.1, 0.15) is 26.2 Å². The average molecular weight is 249 g/mol. The minimum atomic E-state index is -0.694. The Labute approximate surface area is 88.0 Å². The Hall–Kier alpha value is 1.10. The molecule has 1 aliphatic rings. The Kier molecular flexibility index (Phi) is 6.26. The van der Waals surface area contributed by atoms with Gasteiger partial charge >= 0.3 is 29.4 Å². The molecule has 0 aromatic carbocycles. The third-order valence-corrected chi connectivity index (χ3v) is 7.64. The fraction of sp³-hybridized carbons (Fsp3) is 1.00. The van der Waals surface area contributed by atoms with Crippen LogP contribution in [-0.4, -0.2) is 8.07 Å². The summed E-state index contributed by atoms with van der Waals surface area (Å²) in [5.74, 6) is 0. The summed E-state index contributed by atoms with van der Waals surface area (Å²) in [6, 6.07) is 1.58. The molecule has 0 bridgehead atoms. The Morgan fingerprint density at radius 1 is 1.18 bits per heavy atom. The van der Waals surface area contributed by atoms with Gasteiger partial charge in [-0.25, -0.2) is 0 Å². The second kappa shape index (κ2) is 5.70. The van der Waals surface area contributed by atoms with Crippen molar-refractivity contribution in [3.8, 4) is 0 Å². The van der Waals surface area contributed by atoms with Crippen molar-refractivity contribution in [2.45, 2.75) is 55.5 Å². The van der Waals surface area contributed by atoms with Crippen molar-refractivity contribution in [1.29, 1.82) is 0 Å². The van der Waals surface area contributed by atoms with Gasteiger partial charge in [-0.05, 0) is 5.54 Å². The molecule has 1 atom stereocenters. The van der Waals surface area contributed by atoms with Crippen LogP contribution in [0.15, 0.2) is 0 Å².